The molecule has 0 bridgehead atoms. The van der Waals surface area contributed by atoms with Gasteiger partial charge < -0.3 is 25.0 Å². The second kappa shape index (κ2) is 5.40. The Balaban J connectivity index is 2.14. The van der Waals surface area contributed by atoms with E-state index in [-0.39, 0.29) is 19.0 Å². The predicted octanol–water partition coefficient (Wildman–Crippen LogP) is -1.08. The van der Waals surface area contributed by atoms with Crippen LogP contribution >= 0.6 is 7.60 Å². The Morgan fingerprint density at radius 3 is 2.95 bits per heavy atom. The monoisotopic (exact) mass is 291 g/mol. The van der Waals surface area contributed by atoms with Crippen LogP contribution in [0.15, 0.2) is 17.1 Å². The summed E-state index contributed by atoms with van der Waals surface area (Å²) in [7, 11) is -4.26. The lowest BCUT2D eigenvalue weighted by Crippen LogP contribution is -2.34. The van der Waals surface area contributed by atoms with E-state index in [1.165, 1.54) is 16.8 Å². The van der Waals surface area contributed by atoms with Crippen LogP contribution in [-0.2, 0) is 14.0 Å². The third-order valence-electron chi connectivity index (χ3n) is 2.67. The van der Waals surface area contributed by atoms with Crippen molar-refractivity contribution < 1.29 is 23.8 Å². The predicted molar refractivity (Wildman–Crippen MR) is 64.5 cm³/mol. The van der Waals surface area contributed by atoms with E-state index in [4.69, 9.17) is 25.0 Å². The first-order valence-corrected chi connectivity index (χ1v) is 7.25. The molecule has 4 N–H and O–H groups in total. The molecule has 0 amide bonds. The van der Waals surface area contributed by atoms with Crippen LogP contribution in [-0.4, -0.2) is 45.0 Å². The van der Waals surface area contributed by atoms with Gasteiger partial charge in [0, 0.05) is 6.20 Å². The molecule has 2 rings (SSSR count). The quantitative estimate of drug-likeness (QED) is 0.595. The highest BCUT2D eigenvalue weighted by atomic mass is 31.2. The molecule has 1 fully saturated rings. The van der Waals surface area contributed by atoms with Crippen molar-refractivity contribution in [2.75, 3.05) is 25.3 Å². The standard InChI is InChI=1S/C9H14N3O6P/c10-8-1-2-12(9(13)11-8)6-3-17-4-7(6)18-5-19(14,15)16/h1-2,6-7H,3-5H2,(H2,10,11,13)(H2,14,15,16)/t6-,7?/m1/s1. The van der Waals surface area contributed by atoms with Gasteiger partial charge in [-0.1, -0.05) is 0 Å². The summed E-state index contributed by atoms with van der Waals surface area (Å²) < 4.78 is 22.4. The van der Waals surface area contributed by atoms with Gasteiger partial charge >= 0.3 is 13.3 Å². The van der Waals surface area contributed by atoms with Gasteiger partial charge in [0.2, 0.25) is 0 Å². The number of nitrogens with zero attached hydrogens (tertiary/aromatic N) is 2. The number of anilines is 1. The number of nitrogen functional groups attached to an aromatic ring is 1. The number of aromatic nitrogens is 2. The summed E-state index contributed by atoms with van der Waals surface area (Å²) in [6.45, 7) is 0.360. The summed E-state index contributed by atoms with van der Waals surface area (Å²) in [6, 6.07) is 0.979. The van der Waals surface area contributed by atoms with Crippen molar-refractivity contribution >= 4 is 13.4 Å². The maximum Gasteiger partial charge on any atom is 0.350 e. The average Bonchev–Trinajstić information content (AvgIpc) is 2.73. The summed E-state index contributed by atoms with van der Waals surface area (Å²) in [5.74, 6) is 0.104. The van der Waals surface area contributed by atoms with Crippen molar-refractivity contribution in [1.29, 1.82) is 0 Å². The van der Waals surface area contributed by atoms with Crippen molar-refractivity contribution in [2.24, 2.45) is 0 Å². The number of nitrogens with two attached hydrogens (primary N) is 1. The normalized spacial score (nSPS) is 23.7. The summed E-state index contributed by atoms with van der Waals surface area (Å²) >= 11 is 0. The fraction of sp³-hybridized carbons (Fsp3) is 0.556. The zero-order chi connectivity index (χ0) is 14.0. The lowest BCUT2D eigenvalue weighted by Gasteiger charge is -2.20. The number of rotatable bonds is 4. The van der Waals surface area contributed by atoms with Crippen LogP contribution in [0.1, 0.15) is 6.04 Å². The van der Waals surface area contributed by atoms with Crippen LogP contribution in [0, 0.1) is 0 Å². The lowest BCUT2D eigenvalue weighted by atomic mass is 10.2. The van der Waals surface area contributed by atoms with Crippen molar-refractivity contribution in [3.8, 4) is 0 Å². The molecule has 0 aromatic carbocycles. The Labute approximate surface area is 108 Å². The maximum atomic E-state index is 11.7. The molecule has 1 aliphatic rings. The number of hydrogen-bond acceptors (Lipinski definition) is 6. The first kappa shape index (κ1) is 14.2. The molecule has 0 radical (unpaired) electrons. The van der Waals surface area contributed by atoms with Crippen molar-refractivity contribution in [1.82, 2.24) is 9.55 Å². The smallest absolute Gasteiger partial charge is 0.350 e. The van der Waals surface area contributed by atoms with E-state index >= 15 is 0 Å². The first-order chi connectivity index (χ1) is 8.87. The van der Waals surface area contributed by atoms with E-state index in [0.717, 1.165) is 0 Å². The SMILES string of the molecule is Nc1ccn([C@@H]2COCC2OCP(=O)(O)O)c(=O)n1. The summed E-state index contributed by atoms with van der Waals surface area (Å²) in [5.41, 5.74) is 4.83. The zero-order valence-corrected chi connectivity index (χ0v) is 10.8. The maximum absolute atomic E-state index is 11.7. The molecule has 0 saturated carbocycles. The van der Waals surface area contributed by atoms with Gasteiger partial charge in [-0.3, -0.25) is 9.13 Å². The Hall–Kier alpha value is -1.25. The Kier molecular flexibility index (Phi) is 4.02. The third-order valence-corrected chi connectivity index (χ3v) is 3.15. The summed E-state index contributed by atoms with van der Waals surface area (Å²) in [4.78, 5) is 32.8. The van der Waals surface area contributed by atoms with E-state index < -0.39 is 31.8 Å². The van der Waals surface area contributed by atoms with Gasteiger partial charge in [-0.25, -0.2) is 4.79 Å². The van der Waals surface area contributed by atoms with Gasteiger partial charge in [0.15, 0.2) is 0 Å². The topological polar surface area (TPSA) is 137 Å². The molecule has 1 aromatic heterocycles. The van der Waals surface area contributed by atoms with Crippen LogP contribution in [0.4, 0.5) is 5.82 Å². The van der Waals surface area contributed by atoms with Crippen LogP contribution in [0.2, 0.25) is 0 Å². The highest BCUT2D eigenvalue weighted by molar-refractivity contribution is 7.51. The van der Waals surface area contributed by atoms with Crippen molar-refractivity contribution in [2.45, 2.75) is 12.1 Å². The van der Waals surface area contributed by atoms with Crippen molar-refractivity contribution in [3.63, 3.8) is 0 Å². The van der Waals surface area contributed by atoms with E-state index in [0.29, 0.717) is 0 Å². The Morgan fingerprint density at radius 1 is 1.58 bits per heavy atom. The van der Waals surface area contributed by atoms with Crippen molar-refractivity contribution in [3.05, 3.63) is 22.7 Å². The van der Waals surface area contributed by atoms with E-state index in [1.807, 2.05) is 0 Å². The first-order valence-electron chi connectivity index (χ1n) is 5.45. The Bertz CT molecular complexity index is 555. The molecular weight excluding hydrogens is 277 g/mol. The second-order valence-corrected chi connectivity index (χ2v) is 5.73. The van der Waals surface area contributed by atoms with E-state index in [2.05, 4.69) is 4.98 Å². The van der Waals surface area contributed by atoms with Gasteiger partial charge in [-0.15, -0.1) is 0 Å². The molecule has 10 heteroatoms. The molecular formula is C9H14N3O6P. The van der Waals surface area contributed by atoms with Gasteiger partial charge in [-0.05, 0) is 6.07 Å². The fourth-order valence-electron chi connectivity index (χ4n) is 1.81. The van der Waals surface area contributed by atoms with Gasteiger partial charge in [-0.2, -0.15) is 4.98 Å². The fourth-order valence-corrected chi connectivity index (χ4v) is 2.20. The second-order valence-electron chi connectivity index (χ2n) is 4.15. The molecule has 0 aliphatic carbocycles. The molecule has 2 atom stereocenters. The molecule has 1 saturated heterocycles. The summed E-state index contributed by atoms with van der Waals surface area (Å²) in [6.07, 6.45) is 0.128. The van der Waals surface area contributed by atoms with Gasteiger partial charge in [0.05, 0.1) is 19.3 Å². The molecule has 9 nitrogen and oxygen atoms in total. The van der Waals surface area contributed by atoms with Crippen LogP contribution in [0.5, 0.6) is 0 Å². The van der Waals surface area contributed by atoms with Crippen LogP contribution < -0.4 is 11.4 Å². The molecule has 0 spiro atoms. The Morgan fingerprint density at radius 2 is 2.32 bits per heavy atom. The van der Waals surface area contributed by atoms with Gasteiger partial charge in [0.25, 0.3) is 0 Å². The zero-order valence-electron chi connectivity index (χ0n) is 9.88. The van der Waals surface area contributed by atoms with E-state index in [9.17, 15) is 9.36 Å². The largest absolute Gasteiger partial charge is 0.383 e. The molecule has 106 valence electrons. The minimum atomic E-state index is -4.26. The molecule has 1 aliphatic heterocycles. The van der Waals surface area contributed by atoms with Gasteiger partial charge in [0.1, 0.15) is 18.3 Å². The summed E-state index contributed by atoms with van der Waals surface area (Å²) in [5, 5.41) is 0. The molecule has 19 heavy (non-hydrogen) atoms. The minimum Gasteiger partial charge on any atom is -0.383 e. The minimum absolute atomic E-state index is 0.104. The number of hydrogen-bond donors (Lipinski definition) is 3. The van der Waals surface area contributed by atoms with Crippen LogP contribution in [0.3, 0.4) is 0 Å². The lowest BCUT2D eigenvalue weighted by molar-refractivity contribution is 0.0463. The third kappa shape index (κ3) is 3.62. The highest BCUT2D eigenvalue weighted by Crippen LogP contribution is 2.36. The molecule has 1 aromatic rings. The number of ether oxygens (including phenoxy) is 2. The van der Waals surface area contributed by atoms with Crippen LogP contribution in [0.25, 0.3) is 0 Å². The molecule has 2 heterocycles. The van der Waals surface area contributed by atoms with E-state index in [1.54, 1.807) is 0 Å². The highest BCUT2D eigenvalue weighted by Gasteiger charge is 2.33. The molecule has 1 unspecified atom stereocenters. The average molecular weight is 291 g/mol.